The monoisotopic (exact) mass is 327 g/mol. The van der Waals surface area contributed by atoms with Crippen molar-refractivity contribution in [3.05, 3.63) is 34.4 Å². The summed E-state index contributed by atoms with van der Waals surface area (Å²) in [5.74, 6) is 0.493. The minimum atomic E-state index is -0.391. The van der Waals surface area contributed by atoms with E-state index in [4.69, 9.17) is 4.52 Å². The number of aromatic nitrogens is 2. The molecule has 1 aliphatic rings. The van der Waals surface area contributed by atoms with Gasteiger partial charge in [0.25, 0.3) is 0 Å². The Kier molecular flexibility index (Phi) is 3.34. The summed E-state index contributed by atoms with van der Waals surface area (Å²) in [4.78, 5) is 4.28. The number of halogens is 2. The van der Waals surface area contributed by atoms with E-state index in [0.717, 1.165) is 0 Å². The number of nitrogens with zero attached hydrogens (tertiary/aromatic N) is 2. The number of β-amino-alcohol motifs (C(OH)–C–C–N with tert-alkyl or cyclic N) is 1. The Labute approximate surface area is 117 Å². The zero-order valence-electron chi connectivity index (χ0n) is 9.81. The van der Waals surface area contributed by atoms with Crippen molar-refractivity contribution in [3.63, 3.8) is 0 Å². The molecule has 2 N–H and O–H groups in total. The van der Waals surface area contributed by atoms with E-state index in [9.17, 15) is 9.50 Å². The summed E-state index contributed by atoms with van der Waals surface area (Å²) in [5, 5.41) is 16.4. The van der Waals surface area contributed by atoms with Crippen molar-refractivity contribution in [1.82, 2.24) is 15.5 Å². The van der Waals surface area contributed by atoms with Crippen LogP contribution in [0.25, 0.3) is 11.4 Å². The fourth-order valence-electron chi connectivity index (χ4n) is 2.06. The molecule has 0 saturated carbocycles. The van der Waals surface area contributed by atoms with Gasteiger partial charge >= 0.3 is 0 Å². The maximum atomic E-state index is 13.0. The Balaban J connectivity index is 1.88. The lowest BCUT2D eigenvalue weighted by Crippen LogP contribution is -2.15. The molecular formula is C12H11BrFN3O2. The molecule has 0 radical (unpaired) electrons. The lowest BCUT2D eigenvalue weighted by atomic mass is 10.2. The Morgan fingerprint density at radius 1 is 1.47 bits per heavy atom. The maximum absolute atomic E-state index is 13.0. The first kappa shape index (κ1) is 12.7. The molecule has 2 atom stereocenters. The highest BCUT2D eigenvalue weighted by molar-refractivity contribution is 9.10. The highest BCUT2D eigenvalue weighted by Gasteiger charge is 2.28. The molecule has 1 aliphatic heterocycles. The van der Waals surface area contributed by atoms with Crippen LogP contribution in [0, 0.1) is 5.82 Å². The lowest BCUT2D eigenvalue weighted by molar-refractivity contribution is 0.191. The van der Waals surface area contributed by atoms with Gasteiger partial charge in [0.05, 0.1) is 12.1 Å². The smallest absolute Gasteiger partial charge is 0.244 e. The summed E-state index contributed by atoms with van der Waals surface area (Å²) in [6, 6.07) is 4.15. The lowest BCUT2D eigenvalue weighted by Gasteiger charge is -2.02. The number of rotatable bonds is 2. The summed E-state index contributed by atoms with van der Waals surface area (Å²) in [5.41, 5.74) is 0.662. The van der Waals surface area contributed by atoms with Crippen LogP contribution in [-0.2, 0) is 0 Å². The largest absolute Gasteiger partial charge is 0.392 e. The summed E-state index contributed by atoms with van der Waals surface area (Å²) >= 11 is 3.27. The third kappa shape index (κ3) is 2.54. The number of aliphatic hydroxyl groups is 1. The van der Waals surface area contributed by atoms with E-state index >= 15 is 0 Å². The predicted octanol–water partition coefficient (Wildman–Crippen LogP) is 2.03. The minimum absolute atomic E-state index is 0.129. The van der Waals surface area contributed by atoms with Gasteiger partial charge in [-0.2, -0.15) is 4.98 Å². The van der Waals surface area contributed by atoms with Gasteiger partial charge in [-0.1, -0.05) is 5.16 Å². The molecule has 5 nitrogen and oxygen atoms in total. The standard InChI is InChI=1S/C12H11BrFN3O2/c13-9-3-6(14)1-2-8(9)11-16-12(19-17-11)10-4-7(18)5-15-10/h1-3,7,10,15,18H,4-5H2/t7-,10+/m0/s1. The van der Waals surface area contributed by atoms with Crippen LogP contribution in [0.2, 0.25) is 0 Å². The third-order valence-corrected chi connectivity index (χ3v) is 3.68. The first-order chi connectivity index (χ1) is 9.13. The SMILES string of the molecule is O[C@@H]1CN[C@@H](c2nc(-c3ccc(F)cc3Br)no2)C1. The molecule has 7 heteroatoms. The fraction of sp³-hybridized carbons (Fsp3) is 0.333. The molecule has 1 fully saturated rings. The number of nitrogens with one attached hydrogen (secondary N) is 1. The van der Waals surface area contributed by atoms with Crippen LogP contribution in [0.4, 0.5) is 4.39 Å². The van der Waals surface area contributed by atoms with Crippen LogP contribution in [0.5, 0.6) is 0 Å². The van der Waals surface area contributed by atoms with Gasteiger partial charge in [-0.15, -0.1) is 0 Å². The first-order valence-corrected chi connectivity index (χ1v) is 6.63. The Morgan fingerprint density at radius 3 is 3.00 bits per heavy atom. The van der Waals surface area contributed by atoms with Crippen molar-refractivity contribution in [2.45, 2.75) is 18.6 Å². The van der Waals surface area contributed by atoms with Crippen molar-refractivity contribution in [3.8, 4) is 11.4 Å². The second kappa shape index (κ2) is 4.99. The van der Waals surface area contributed by atoms with Gasteiger partial charge < -0.3 is 14.9 Å². The van der Waals surface area contributed by atoms with Crippen molar-refractivity contribution in [1.29, 1.82) is 0 Å². The van der Waals surface area contributed by atoms with Crippen LogP contribution < -0.4 is 5.32 Å². The molecule has 2 aromatic rings. The highest BCUT2D eigenvalue weighted by atomic mass is 79.9. The maximum Gasteiger partial charge on any atom is 0.244 e. The summed E-state index contributed by atoms with van der Waals surface area (Å²) in [6.07, 6.45) is 0.157. The molecule has 1 aromatic carbocycles. The Hall–Kier alpha value is -1.31. The van der Waals surface area contributed by atoms with Crippen molar-refractivity contribution in [2.24, 2.45) is 0 Å². The zero-order valence-corrected chi connectivity index (χ0v) is 11.4. The molecule has 3 rings (SSSR count). The second-order valence-corrected chi connectivity index (χ2v) is 5.29. The fourth-order valence-corrected chi connectivity index (χ4v) is 2.59. The Bertz CT molecular complexity index is 604. The van der Waals surface area contributed by atoms with Gasteiger partial charge in [0, 0.05) is 16.6 Å². The molecule has 0 aliphatic carbocycles. The van der Waals surface area contributed by atoms with Crippen molar-refractivity contribution in [2.75, 3.05) is 6.54 Å². The third-order valence-electron chi connectivity index (χ3n) is 3.02. The van der Waals surface area contributed by atoms with E-state index in [1.54, 1.807) is 6.07 Å². The van der Waals surface area contributed by atoms with Crippen LogP contribution in [-0.4, -0.2) is 27.9 Å². The summed E-state index contributed by atoms with van der Waals surface area (Å²) < 4.78 is 18.8. The van der Waals surface area contributed by atoms with Gasteiger partial charge in [0.1, 0.15) is 5.82 Å². The zero-order chi connectivity index (χ0) is 13.4. The van der Waals surface area contributed by atoms with Crippen molar-refractivity contribution >= 4 is 15.9 Å². The van der Waals surface area contributed by atoms with Crippen molar-refractivity contribution < 1.29 is 14.0 Å². The molecule has 0 amide bonds. The van der Waals surface area contributed by atoms with Crippen LogP contribution >= 0.6 is 15.9 Å². The highest BCUT2D eigenvalue weighted by Crippen LogP contribution is 2.29. The number of hydrogen-bond acceptors (Lipinski definition) is 5. The number of aliphatic hydroxyl groups excluding tert-OH is 1. The molecule has 0 bridgehead atoms. The molecule has 1 saturated heterocycles. The second-order valence-electron chi connectivity index (χ2n) is 4.43. The number of hydrogen-bond donors (Lipinski definition) is 2. The van der Waals surface area contributed by atoms with Gasteiger partial charge in [-0.25, -0.2) is 4.39 Å². The van der Waals surface area contributed by atoms with E-state index in [-0.39, 0.29) is 11.9 Å². The Morgan fingerprint density at radius 2 is 2.32 bits per heavy atom. The quantitative estimate of drug-likeness (QED) is 0.883. The van der Waals surface area contributed by atoms with Gasteiger partial charge in [0.15, 0.2) is 0 Å². The van der Waals surface area contributed by atoms with E-state index in [2.05, 4.69) is 31.4 Å². The van der Waals surface area contributed by atoms with E-state index in [1.165, 1.54) is 12.1 Å². The minimum Gasteiger partial charge on any atom is -0.392 e. The normalized spacial score (nSPS) is 22.9. The topological polar surface area (TPSA) is 71.2 Å². The molecule has 100 valence electrons. The van der Waals surface area contributed by atoms with Crippen LogP contribution in [0.1, 0.15) is 18.4 Å². The molecule has 19 heavy (non-hydrogen) atoms. The average Bonchev–Trinajstić information content (AvgIpc) is 2.97. The summed E-state index contributed by atoms with van der Waals surface area (Å²) in [7, 11) is 0. The number of benzene rings is 1. The average molecular weight is 328 g/mol. The molecule has 1 aromatic heterocycles. The van der Waals surface area contributed by atoms with Gasteiger partial charge in [-0.3, -0.25) is 0 Å². The molecule has 0 spiro atoms. The molecular weight excluding hydrogens is 317 g/mol. The molecule has 0 unspecified atom stereocenters. The van der Waals surface area contributed by atoms with Gasteiger partial charge in [-0.05, 0) is 40.5 Å². The van der Waals surface area contributed by atoms with E-state index < -0.39 is 6.10 Å². The van der Waals surface area contributed by atoms with Crippen LogP contribution in [0.15, 0.2) is 27.2 Å². The predicted molar refractivity (Wildman–Crippen MR) is 68.8 cm³/mol. The van der Waals surface area contributed by atoms with Crippen LogP contribution in [0.3, 0.4) is 0 Å². The van der Waals surface area contributed by atoms with Gasteiger partial charge in [0.2, 0.25) is 11.7 Å². The van der Waals surface area contributed by atoms with E-state index in [1.807, 2.05) is 0 Å². The summed E-state index contributed by atoms with van der Waals surface area (Å²) in [6.45, 7) is 0.516. The van der Waals surface area contributed by atoms with E-state index in [0.29, 0.717) is 34.7 Å². The molecule has 2 heterocycles. The first-order valence-electron chi connectivity index (χ1n) is 5.84.